The van der Waals surface area contributed by atoms with Crippen LogP contribution in [0.1, 0.15) is 110 Å². The number of hydrogen-bond acceptors (Lipinski definition) is 3. The molecule has 0 amide bonds. The summed E-state index contributed by atoms with van der Waals surface area (Å²) in [5, 5.41) is 0. The Kier molecular flexibility index (Phi) is 27.6. The van der Waals surface area contributed by atoms with Gasteiger partial charge in [0.2, 0.25) is 0 Å². The van der Waals surface area contributed by atoms with Crippen molar-refractivity contribution in [3.63, 3.8) is 0 Å². The Morgan fingerprint density at radius 2 is 0.957 bits per heavy atom. The molecule has 0 rings (SSSR count). The fourth-order valence-electron chi connectivity index (χ4n) is 2.79. The van der Waals surface area contributed by atoms with Gasteiger partial charge in [-0.3, -0.25) is 0 Å². The molecule has 0 aromatic carbocycles. The normalized spacial score (nSPS) is 11.3. The van der Waals surface area contributed by atoms with Gasteiger partial charge in [0.05, 0.1) is 0 Å². The topological polar surface area (TPSA) is 49.4 Å². The smallest absolute Gasteiger partial charge is 0.566 e. The molecule has 0 spiro atoms. The Morgan fingerprint density at radius 3 is 1.26 bits per heavy atom. The predicted molar refractivity (Wildman–Crippen MR) is 93.1 cm³/mol. The predicted octanol–water partition coefficient (Wildman–Crippen LogP) is 3.29. The maximum Gasteiger partial charge on any atom is 1.00 e. The monoisotopic (exact) mass is 371 g/mol. The second-order valence-corrected chi connectivity index (χ2v) is 7.07. The second kappa shape index (κ2) is 23.7. The molecule has 0 aliphatic heterocycles. The fraction of sp³-hybridized carbons (Fsp3) is 1.00. The maximum atomic E-state index is 10.2. The van der Waals surface area contributed by atoms with Crippen LogP contribution in [0.5, 0.6) is 0 Å². The molecule has 0 N–H and O–H groups in total. The van der Waals surface area contributed by atoms with Gasteiger partial charge in [-0.05, 0) is 11.0 Å². The molecule has 0 bridgehead atoms. The summed E-state index contributed by atoms with van der Waals surface area (Å²) >= 11 is 0. The molecule has 0 aromatic heterocycles. The van der Waals surface area contributed by atoms with Crippen LogP contribution in [0.25, 0.3) is 0 Å². The van der Waals surface area contributed by atoms with Gasteiger partial charge in [-0.2, -0.15) is 0 Å². The minimum absolute atomic E-state index is 0. The SMILES string of the molecule is CCCCCCCCCCCCCCCCCCO[P+](=O)[O-].[K+]. The summed E-state index contributed by atoms with van der Waals surface area (Å²) in [6, 6.07) is 0. The third-order valence-corrected chi connectivity index (χ3v) is 4.59. The maximum absolute atomic E-state index is 10.2. The van der Waals surface area contributed by atoms with Crippen LogP contribution in [0.3, 0.4) is 0 Å². The number of rotatable bonds is 18. The minimum atomic E-state index is -2.64. The van der Waals surface area contributed by atoms with Crippen LogP contribution in [-0.2, 0) is 9.09 Å². The first-order chi connectivity index (χ1) is 10.8. The van der Waals surface area contributed by atoms with Crippen LogP contribution in [0.15, 0.2) is 0 Å². The summed E-state index contributed by atoms with van der Waals surface area (Å²) in [6.07, 6.45) is 21.2. The van der Waals surface area contributed by atoms with Crippen LogP contribution in [0, 0.1) is 0 Å². The van der Waals surface area contributed by atoms with Crippen molar-refractivity contribution in [2.75, 3.05) is 6.61 Å². The number of hydrogen-bond donors (Lipinski definition) is 0. The van der Waals surface area contributed by atoms with Crippen molar-refractivity contribution in [1.29, 1.82) is 0 Å². The van der Waals surface area contributed by atoms with E-state index in [1.807, 2.05) is 0 Å². The van der Waals surface area contributed by atoms with Gasteiger partial charge in [0, 0.05) is 0 Å². The van der Waals surface area contributed by atoms with Gasteiger partial charge in [0.15, 0.2) is 0 Å². The zero-order chi connectivity index (χ0) is 16.3. The molecular formula is C18H37KO3P+. The average molecular weight is 372 g/mol. The van der Waals surface area contributed by atoms with E-state index in [9.17, 15) is 9.46 Å². The van der Waals surface area contributed by atoms with E-state index >= 15 is 0 Å². The molecule has 3 nitrogen and oxygen atoms in total. The van der Waals surface area contributed by atoms with Crippen LogP contribution in [0.4, 0.5) is 0 Å². The third kappa shape index (κ3) is 26.0. The summed E-state index contributed by atoms with van der Waals surface area (Å²) in [5.41, 5.74) is 0. The zero-order valence-electron chi connectivity index (χ0n) is 15.7. The Morgan fingerprint density at radius 1 is 0.652 bits per heavy atom. The van der Waals surface area contributed by atoms with E-state index in [-0.39, 0.29) is 51.4 Å². The molecule has 0 saturated carbocycles. The average Bonchev–Trinajstić information content (AvgIpc) is 2.50. The Balaban J connectivity index is 0. The first-order valence-electron chi connectivity index (χ1n) is 9.54. The van der Waals surface area contributed by atoms with E-state index in [1.165, 1.54) is 89.9 Å². The summed E-state index contributed by atoms with van der Waals surface area (Å²) in [6.45, 7) is 2.63. The molecule has 0 aliphatic carbocycles. The van der Waals surface area contributed by atoms with Crippen molar-refractivity contribution >= 4 is 8.25 Å². The van der Waals surface area contributed by atoms with Crippen molar-refractivity contribution in [2.45, 2.75) is 110 Å². The first kappa shape index (κ1) is 26.9. The van der Waals surface area contributed by atoms with Gasteiger partial charge >= 0.3 is 59.6 Å². The van der Waals surface area contributed by atoms with Crippen molar-refractivity contribution in [1.82, 2.24) is 0 Å². The quantitative estimate of drug-likeness (QED) is 0.211. The van der Waals surface area contributed by atoms with Gasteiger partial charge in [0.25, 0.3) is 0 Å². The Hall–Kier alpha value is 1.66. The van der Waals surface area contributed by atoms with Gasteiger partial charge < -0.3 is 4.89 Å². The van der Waals surface area contributed by atoms with E-state index in [1.54, 1.807) is 0 Å². The molecule has 1 atom stereocenters. The summed E-state index contributed by atoms with van der Waals surface area (Å²) in [4.78, 5) is 10.2. The molecule has 0 fully saturated rings. The molecule has 0 aliphatic rings. The van der Waals surface area contributed by atoms with Crippen LogP contribution in [-0.4, -0.2) is 6.61 Å². The van der Waals surface area contributed by atoms with Crippen molar-refractivity contribution in [3.05, 3.63) is 0 Å². The van der Waals surface area contributed by atoms with Crippen molar-refractivity contribution in [2.24, 2.45) is 0 Å². The van der Waals surface area contributed by atoms with Crippen LogP contribution < -0.4 is 56.3 Å². The first-order valence-corrected chi connectivity index (χ1v) is 10.6. The third-order valence-electron chi connectivity index (χ3n) is 4.19. The Bertz CT molecular complexity index is 240. The standard InChI is InChI=1S/C18H37O3P.K/c1-2-3-4-5-6-7-8-9-10-11-12-13-14-15-16-17-18-21-22(19)20;/h2-18H2,1H3;/q;+1. The molecule has 5 heteroatoms. The molecule has 1 unspecified atom stereocenters. The molecule has 0 aromatic rings. The molecule has 0 saturated heterocycles. The molecule has 23 heavy (non-hydrogen) atoms. The number of unbranched alkanes of at least 4 members (excludes halogenated alkanes) is 15. The molecule has 132 valence electrons. The van der Waals surface area contributed by atoms with Crippen LogP contribution >= 0.6 is 8.25 Å². The largest absolute Gasteiger partial charge is 1.00 e. The fourth-order valence-corrected chi connectivity index (χ4v) is 3.07. The van der Waals surface area contributed by atoms with E-state index in [4.69, 9.17) is 0 Å². The van der Waals surface area contributed by atoms with Gasteiger partial charge in [-0.25, -0.2) is 0 Å². The molecule has 0 radical (unpaired) electrons. The van der Waals surface area contributed by atoms with E-state index in [0.717, 1.165) is 12.8 Å². The molecular weight excluding hydrogens is 334 g/mol. The van der Waals surface area contributed by atoms with Gasteiger partial charge in [0.1, 0.15) is 6.61 Å². The summed E-state index contributed by atoms with van der Waals surface area (Å²) in [7, 11) is -2.64. The summed E-state index contributed by atoms with van der Waals surface area (Å²) in [5.74, 6) is 0. The van der Waals surface area contributed by atoms with Gasteiger partial charge in [-0.15, -0.1) is 4.52 Å². The van der Waals surface area contributed by atoms with Crippen molar-refractivity contribution < 1.29 is 65.4 Å². The van der Waals surface area contributed by atoms with E-state index < -0.39 is 8.25 Å². The summed E-state index contributed by atoms with van der Waals surface area (Å²) < 4.78 is 14.7. The van der Waals surface area contributed by atoms with Crippen molar-refractivity contribution in [3.8, 4) is 0 Å². The van der Waals surface area contributed by atoms with E-state index in [0.29, 0.717) is 6.61 Å². The van der Waals surface area contributed by atoms with E-state index in [2.05, 4.69) is 11.4 Å². The van der Waals surface area contributed by atoms with Crippen LogP contribution in [0.2, 0.25) is 0 Å². The second-order valence-electron chi connectivity index (χ2n) is 6.36. The zero-order valence-corrected chi connectivity index (χ0v) is 19.7. The minimum Gasteiger partial charge on any atom is -0.566 e. The van der Waals surface area contributed by atoms with Gasteiger partial charge in [-0.1, -0.05) is 103 Å². The molecule has 0 heterocycles. The Labute approximate surface area is 188 Å².